The molecule has 2 aromatic carbocycles. The van der Waals surface area contributed by atoms with E-state index in [9.17, 15) is 10.1 Å². The number of aryl methyl sites for hydroxylation is 1. The van der Waals surface area contributed by atoms with Crippen LogP contribution in [0.15, 0.2) is 36.4 Å². The molecule has 1 aromatic heterocycles. The summed E-state index contributed by atoms with van der Waals surface area (Å²) in [5, 5.41) is 20.7. The minimum atomic E-state index is -0.396. The van der Waals surface area contributed by atoms with E-state index in [0.717, 1.165) is 54.0 Å². The molecule has 1 N–H and O–H groups in total. The highest BCUT2D eigenvalue weighted by molar-refractivity contribution is 6.35. The molecular weight excluding hydrogens is 399 g/mol. The van der Waals surface area contributed by atoms with Crippen LogP contribution in [-0.4, -0.2) is 21.2 Å². The van der Waals surface area contributed by atoms with Crippen LogP contribution in [0.4, 0.5) is 11.5 Å². The number of nitro groups is 1. The van der Waals surface area contributed by atoms with Gasteiger partial charge in [-0.05, 0) is 49.9 Å². The van der Waals surface area contributed by atoms with Crippen molar-refractivity contribution in [2.24, 2.45) is 0 Å². The summed E-state index contributed by atoms with van der Waals surface area (Å²) in [7, 11) is 0. The lowest BCUT2D eigenvalue weighted by Gasteiger charge is -2.11. The van der Waals surface area contributed by atoms with Crippen LogP contribution in [0.1, 0.15) is 24.0 Å². The summed E-state index contributed by atoms with van der Waals surface area (Å²) in [6.45, 7) is 2.73. The number of hydrogen-bond acceptors (Lipinski definition) is 4. The van der Waals surface area contributed by atoms with E-state index in [1.54, 1.807) is 28.9 Å². The molecule has 4 rings (SSSR count). The summed E-state index contributed by atoms with van der Waals surface area (Å²) < 4.78 is 1.76. The van der Waals surface area contributed by atoms with Crippen molar-refractivity contribution in [3.8, 4) is 16.9 Å². The van der Waals surface area contributed by atoms with Gasteiger partial charge in [0.15, 0.2) is 0 Å². The Morgan fingerprint density at radius 2 is 2.00 bits per heavy atom. The molecule has 0 amide bonds. The largest absolute Gasteiger partial charge is 0.370 e. The first-order valence-electron chi connectivity index (χ1n) is 9.02. The number of nitro benzene ring substituents is 1. The molecule has 0 bridgehead atoms. The normalized spacial score (nSPS) is 13.5. The first-order valence-corrected chi connectivity index (χ1v) is 9.78. The number of fused-ring (bicyclic) bond motifs is 1. The number of nitrogens with one attached hydrogen (secondary N) is 1. The summed E-state index contributed by atoms with van der Waals surface area (Å²) in [5.74, 6) is 0.854. The van der Waals surface area contributed by atoms with Crippen LogP contribution in [-0.2, 0) is 6.42 Å². The lowest BCUT2D eigenvalue weighted by Crippen LogP contribution is -2.08. The van der Waals surface area contributed by atoms with Crippen molar-refractivity contribution in [3.63, 3.8) is 0 Å². The summed E-state index contributed by atoms with van der Waals surface area (Å²) in [6, 6.07) is 10.1. The van der Waals surface area contributed by atoms with Gasteiger partial charge in [0, 0.05) is 34.8 Å². The Kier molecular flexibility index (Phi) is 5.00. The fourth-order valence-corrected chi connectivity index (χ4v) is 3.89. The molecule has 3 aromatic rings. The zero-order valence-corrected chi connectivity index (χ0v) is 16.7. The van der Waals surface area contributed by atoms with E-state index in [1.807, 2.05) is 13.0 Å². The zero-order valence-electron chi connectivity index (χ0n) is 15.2. The first-order chi connectivity index (χ1) is 13.5. The Balaban J connectivity index is 1.97. The van der Waals surface area contributed by atoms with Crippen molar-refractivity contribution in [1.29, 1.82) is 0 Å². The third kappa shape index (κ3) is 3.34. The van der Waals surface area contributed by atoms with E-state index in [0.29, 0.717) is 15.7 Å². The number of rotatable bonds is 3. The molecule has 0 atom stereocenters. The molecule has 2 heterocycles. The standard InChI is InChI=1S/C20H18Cl2N4O2/c1-12-5-7-14(26(27)28)11-18(12)25-20-15(4-2-3-9-23-20)19(24-25)16-10-13(21)6-8-17(16)22/h5-8,10-11,23H,2-4,9H2,1H3. The van der Waals surface area contributed by atoms with Crippen molar-refractivity contribution in [2.45, 2.75) is 26.2 Å². The Bertz CT molecular complexity index is 1080. The highest BCUT2D eigenvalue weighted by Crippen LogP contribution is 2.38. The average Bonchev–Trinajstić information content (AvgIpc) is 2.85. The second-order valence-electron chi connectivity index (χ2n) is 6.82. The van der Waals surface area contributed by atoms with Gasteiger partial charge in [0.2, 0.25) is 0 Å². The third-order valence-electron chi connectivity index (χ3n) is 4.94. The number of aromatic nitrogens is 2. The minimum absolute atomic E-state index is 0.0285. The average molecular weight is 417 g/mol. The summed E-state index contributed by atoms with van der Waals surface area (Å²) >= 11 is 12.7. The molecule has 6 nitrogen and oxygen atoms in total. The van der Waals surface area contributed by atoms with Crippen LogP contribution < -0.4 is 5.32 Å². The van der Waals surface area contributed by atoms with E-state index in [2.05, 4.69) is 5.32 Å². The van der Waals surface area contributed by atoms with Gasteiger partial charge in [-0.1, -0.05) is 29.3 Å². The van der Waals surface area contributed by atoms with E-state index in [4.69, 9.17) is 28.3 Å². The predicted molar refractivity (Wildman–Crippen MR) is 112 cm³/mol. The molecule has 1 aliphatic heterocycles. The van der Waals surface area contributed by atoms with Gasteiger partial charge in [-0.3, -0.25) is 10.1 Å². The molecule has 0 unspecified atom stereocenters. The van der Waals surface area contributed by atoms with Crippen molar-refractivity contribution in [2.75, 3.05) is 11.9 Å². The summed E-state index contributed by atoms with van der Waals surface area (Å²) in [5.41, 5.74) is 4.15. The lowest BCUT2D eigenvalue weighted by atomic mass is 10.0. The molecular formula is C20H18Cl2N4O2. The molecule has 0 radical (unpaired) electrons. The fourth-order valence-electron chi connectivity index (χ4n) is 3.51. The maximum absolute atomic E-state index is 11.3. The molecule has 144 valence electrons. The van der Waals surface area contributed by atoms with Gasteiger partial charge in [-0.15, -0.1) is 0 Å². The fraction of sp³-hybridized carbons (Fsp3) is 0.250. The predicted octanol–water partition coefficient (Wildman–Crippen LogP) is 5.81. The molecule has 0 aliphatic carbocycles. The molecule has 0 saturated carbocycles. The Morgan fingerprint density at radius 1 is 1.18 bits per heavy atom. The summed E-state index contributed by atoms with van der Waals surface area (Å²) in [4.78, 5) is 10.9. The number of non-ortho nitro benzene ring substituents is 1. The van der Waals surface area contributed by atoms with Gasteiger partial charge in [0.05, 0.1) is 21.3 Å². The minimum Gasteiger partial charge on any atom is -0.370 e. The number of benzene rings is 2. The summed E-state index contributed by atoms with van der Waals surface area (Å²) in [6.07, 6.45) is 2.89. The van der Waals surface area contributed by atoms with Crippen LogP contribution in [0.2, 0.25) is 10.0 Å². The van der Waals surface area contributed by atoms with Crippen molar-refractivity contribution in [3.05, 3.63) is 67.7 Å². The Labute approximate surface area is 172 Å². The number of halogens is 2. The van der Waals surface area contributed by atoms with Crippen molar-refractivity contribution >= 4 is 34.7 Å². The van der Waals surface area contributed by atoms with Crippen molar-refractivity contribution in [1.82, 2.24) is 9.78 Å². The topological polar surface area (TPSA) is 73.0 Å². The Hall–Kier alpha value is -2.57. The van der Waals surface area contributed by atoms with E-state index in [1.165, 1.54) is 6.07 Å². The maximum Gasteiger partial charge on any atom is 0.271 e. The van der Waals surface area contributed by atoms with Crippen LogP contribution in [0.3, 0.4) is 0 Å². The lowest BCUT2D eigenvalue weighted by molar-refractivity contribution is -0.384. The van der Waals surface area contributed by atoms with Gasteiger partial charge in [0.25, 0.3) is 5.69 Å². The second-order valence-corrected chi connectivity index (χ2v) is 7.67. The number of hydrogen-bond donors (Lipinski definition) is 1. The van der Waals surface area contributed by atoms with E-state index in [-0.39, 0.29) is 5.69 Å². The van der Waals surface area contributed by atoms with Gasteiger partial charge in [0.1, 0.15) is 5.82 Å². The van der Waals surface area contributed by atoms with E-state index >= 15 is 0 Å². The highest BCUT2D eigenvalue weighted by Gasteiger charge is 2.24. The number of nitrogens with zero attached hydrogens (tertiary/aromatic N) is 3. The van der Waals surface area contributed by atoms with E-state index < -0.39 is 4.92 Å². The van der Waals surface area contributed by atoms with Crippen LogP contribution in [0.5, 0.6) is 0 Å². The number of anilines is 1. The van der Waals surface area contributed by atoms with Gasteiger partial charge < -0.3 is 5.32 Å². The monoisotopic (exact) mass is 416 g/mol. The van der Waals surface area contributed by atoms with Gasteiger partial charge in [-0.25, -0.2) is 4.68 Å². The molecule has 8 heteroatoms. The maximum atomic E-state index is 11.3. The smallest absolute Gasteiger partial charge is 0.271 e. The van der Waals surface area contributed by atoms with Crippen molar-refractivity contribution < 1.29 is 4.92 Å². The molecule has 0 saturated heterocycles. The molecule has 1 aliphatic rings. The molecule has 0 spiro atoms. The zero-order chi connectivity index (χ0) is 19.8. The van der Waals surface area contributed by atoms with Crippen LogP contribution >= 0.6 is 23.2 Å². The second kappa shape index (κ2) is 7.45. The molecule has 28 heavy (non-hydrogen) atoms. The van der Waals surface area contributed by atoms with Crippen LogP contribution in [0, 0.1) is 17.0 Å². The quantitative estimate of drug-likeness (QED) is 0.431. The third-order valence-corrected chi connectivity index (χ3v) is 5.51. The SMILES string of the molecule is Cc1ccc([N+](=O)[O-])cc1-n1nc(-c2cc(Cl)ccc2Cl)c2c1NCCCC2. The molecule has 0 fully saturated rings. The first kappa shape index (κ1) is 18.8. The van der Waals surface area contributed by atoms with Gasteiger partial charge in [-0.2, -0.15) is 5.10 Å². The highest BCUT2D eigenvalue weighted by atomic mass is 35.5. The van der Waals surface area contributed by atoms with Gasteiger partial charge >= 0.3 is 0 Å². The Morgan fingerprint density at radius 3 is 2.79 bits per heavy atom. The van der Waals surface area contributed by atoms with Crippen LogP contribution in [0.25, 0.3) is 16.9 Å².